The van der Waals surface area contributed by atoms with Crippen LogP contribution in [0.1, 0.15) is 19.4 Å². The molecule has 0 radical (unpaired) electrons. The van der Waals surface area contributed by atoms with Crippen LogP contribution >= 0.6 is 11.6 Å². The number of carbonyl (C=O) groups is 2. The third-order valence-corrected chi connectivity index (χ3v) is 3.45. The van der Waals surface area contributed by atoms with Crippen molar-refractivity contribution in [3.05, 3.63) is 40.9 Å². The molecule has 0 aliphatic carbocycles. The molecule has 1 heterocycles. The van der Waals surface area contributed by atoms with Gasteiger partial charge < -0.3 is 4.74 Å². The van der Waals surface area contributed by atoms with Gasteiger partial charge in [0.1, 0.15) is 6.61 Å². The minimum absolute atomic E-state index is 0.161. The summed E-state index contributed by atoms with van der Waals surface area (Å²) in [5.74, 6) is -0.199. The molecule has 1 saturated heterocycles. The van der Waals surface area contributed by atoms with Gasteiger partial charge in [-0.1, -0.05) is 37.6 Å². The van der Waals surface area contributed by atoms with Gasteiger partial charge in [-0.3, -0.25) is 4.79 Å². The normalized spacial score (nSPS) is 18.9. The Hall–Kier alpha value is -1.81. The Balaban J connectivity index is 2.10. The van der Waals surface area contributed by atoms with Crippen molar-refractivity contribution in [2.75, 3.05) is 6.61 Å². The van der Waals surface area contributed by atoms with Crippen LogP contribution in [-0.4, -0.2) is 29.5 Å². The van der Waals surface area contributed by atoms with Crippen LogP contribution in [0.4, 0.5) is 4.79 Å². The lowest BCUT2D eigenvalue weighted by Crippen LogP contribution is -2.40. The van der Waals surface area contributed by atoms with Gasteiger partial charge in [0.2, 0.25) is 0 Å². The van der Waals surface area contributed by atoms with E-state index in [2.05, 4.69) is 0 Å². The SMILES string of the molecule is CC(C)[C@H]1COC(=O)N1C(=O)/C=C/c1ccc(Cl)cc1. The molecule has 1 aliphatic heterocycles. The Morgan fingerprint density at radius 3 is 2.65 bits per heavy atom. The van der Waals surface area contributed by atoms with E-state index in [9.17, 15) is 9.59 Å². The highest BCUT2D eigenvalue weighted by molar-refractivity contribution is 6.30. The molecule has 1 atom stereocenters. The number of amides is 2. The topological polar surface area (TPSA) is 46.6 Å². The molecule has 0 aromatic heterocycles. The Bertz CT molecular complexity index is 537. The largest absolute Gasteiger partial charge is 0.447 e. The monoisotopic (exact) mass is 293 g/mol. The number of benzene rings is 1. The van der Waals surface area contributed by atoms with Gasteiger partial charge in [0.25, 0.3) is 5.91 Å². The Morgan fingerprint density at radius 1 is 1.40 bits per heavy atom. The van der Waals surface area contributed by atoms with Crippen LogP contribution in [0, 0.1) is 5.92 Å². The highest BCUT2D eigenvalue weighted by Gasteiger charge is 2.38. The molecule has 106 valence electrons. The van der Waals surface area contributed by atoms with E-state index < -0.39 is 6.09 Å². The minimum Gasteiger partial charge on any atom is -0.447 e. The molecule has 0 saturated carbocycles. The van der Waals surface area contributed by atoms with Crippen molar-refractivity contribution in [3.63, 3.8) is 0 Å². The van der Waals surface area contributed by atoms with E-state index in [1.54, 1.807) is 30.3 Å². The maximum atomic E-state index is 12.1. The third kappa shape index (κ3) is 3.20. The summed E-state index contributed by atoms with van der Waals surface area (Å²) in [5.41, 5.74) is 0.844. The van der Waals surface area contributed by atoms with Crippen LogP contribution in [0.15, 0.2) is 30.3 Å². The number of halogens is 1. The number of rotatable bonds is 3. The van der Waals surface area contributed by atoms with Gasteiger partial charge in [0.05, 0.1) is 6.04 Å². The predicted octanol–water partition coefficient (Wildman–Crippen LogP) is 3.36. The smallest absolute Gasteiger partial charge is 0.417 e. The summed E-state index contributed by atoms with van der Waals surface area (Å²) in [6, 6.07) is 6.88. The molecule has 1 aromatic rings. The van der Waals surface area contributed by atoms with Gasteiger partial charge in [-0.2, -0.15) is 0 Å². The van der Waals surface area contributed by atoms with E-state index in [4.69, 9.17) is 16.3 Å². The van der Waals surface area contributed by atoms with E-state index in [-0.39, 0.29) is 24.5 Å². The van der Waals surface area contributed by atoms with E-state index in [1.807, 2.05) is 13.8 Å². The van der Waals surface area contributed by atoms with Gasteiger partial charge in [-0.25, -0.2) is 9.69 Å². The fourth-order valence-corrected chi connectivity index (χ4v) is 2.13. The molecule has 2 amide bonds. The van der Waals surface area contributed by atoms with Gasteiger partial charge >= 0.3 is 6.09 Å². The van der Waals surface area contributed by atoms with Crippen LogP contribution in [0.3, 0.4) is 0 Å². The zero-order chi connectivity index (χ0) is 14.7. The summed E-state index contributed by atoms with van der Waals surface area (Å²) in [6.07, 6.45) is 2.46. The first-order chi connectivity index (χ1) is 9.49. The molecule has 0 unspecified atom stereocenters. The second-order valence-corrected chi connectivity index (χ2v) is 5.42. The fourth-order valence-electron chi connectivity index (χ4n) is 2.00. The van der Waals surface area contributed by atoms with Crippen LogP contribution in [0.25, 0.3) is 6.08 Å². The van der Waals surface area contributed by atoms with Crippen molar-refractivity contribution in [2.24, 2.45) is 5.92 Å². The molecule has 1 fully saturated rings. The quantitative estimate of drug-likeness (QED) is 0.803. The van der Waals surface area contributed by atoms with E-state index >= 15 is 0 Å². The highest BCUT2D eigenvalue weighted by atomic mass is 35.5. The van der Waals surface area contributed by atoms with Gasteiger partial charge in [0.15, 0.2) is 0 Å². The van der Waals surface area contributed by atoms with Crippen molar-refractivity contribution in [3.8, 4) is 0 Å². The molecule has 2 rings (SSSR count). The summed E-state index contributed by atoms with van der Waals surface area (Å²) in [4.78, 5) is 24.9. The number of hydrogen-bond donors (Lipinski definition) is 0. The Labute approximate surface area is 123 Å². The van der Waals surface area contributed by atoms with Crippen LogP contribution < -0.4 is 0 Å². The second kappa shape index (κ2) is 6.09. The molecule has 1 aromatic carbocycles. The van der Waals surface area contributed by atoms with Crippen molar-refractivity contribution >= 4 is 29.7 Å². The Kier molecular flexibility index (Phi) is 4.45. The molecule has 0 N–H and O–H groups in total. The number of cyclic esters (lactones) is 1. The third-order valence-electron chi connectivity index (χ3n) is 3.20. The van der Waals surface area contributed by atoms with Gasteiger partial charge in [-0.15, -0.1) is 0 Å². The number of hydrogen-bond acceptors (Lipinski definition) is 3. The first-order valence-electron chi connectivity index (χ1n) is 6.42. The van der Waals surface area contributed by atoms with E-state index in [0.29, 0.717) is 5.02 Å². The fraction of sp³-hybridized carbons (Fsp3) is 0.333. The maximum Gasteiger partial charge on any atom is 0.417 e. The first kappa shape index (κ1) is 14.6. The lowest BCUT2D eigenvalue weighted by molar-refractivity contribution is -0.124. The summed E-state index contributed by atoms with van der Waals surface area (Å²) in [7, 11) is 0. The number of imide groups is 1. The standard InChI is InChI=1S/C15H16ClNO3/c1-10(2)13-9-20-15(19)17(13)14(18)8-5-11-3-6-12(16)7-4-11/h3-8,10,13H,9H2,1-2H3/b8-5+/t13-/m1/s1. The zero-order valence-electron chi connectivity index (χ0n) is 11.4. The summed E-state index contributed by atoms with van der Waals surface area (Å²) in [5, 5.41) is 0.636. The van der Waals surface area contributed by atoms with E-state index in [1.165, 1.54) is 11.0 Å². The number of ether oxygens (including phenoxy) is 1. The number of nitrogens with zero attached hydrogens (tertiary/aromatic N) is 1. The molecular weight excluding hydrogens is 278 g/mol. The summed E-state index contributed by atoms with van der Waals surface area (Å²) < 4.78 is 4.94. The van der Waals surface area contributed by atoms with Crippen molar-refractivity contribution in [1.82, 2.24) is 4.90 Å². The van der Waals surface area contributed by atoms with E-state index in [0.717, 1.165) is 5.56 Å². The average molecular weight is 294 g/mol. The second-order valence-electron chi connectivity index (χ2n) is 4.98. The molecule has 4 nitrogen and oxygen atoms in total. The minimum atomic E-state index is -0.575. The lowest BCUT2D eigenvalue weighted by Gasteiger charge is -2.20. The van der Waals surface area contributed by atoms with Crippen molar-refractivity contribution in [1.29, 1.82) is 0 Å². The molecule has 0 bridgehead atoms. The van der Waals surface area contributed by atoms with Crippen LogP contribution in [0.5, 0.6) is 0 Å². The zero-order valence-corrected chi connectivity index (χ0v) is 12.1. The molecule has 0 spiro atoms. The van der Waals surface area contributed by atoms with Crippen LogP contribution in [0.2, 0.25) is 5.02 Å². The lowest BCUT2D eigenvalue weighted by atomic mass is 10.0. The van der Waals surface area contributed by atoms with Gasteiger partial charge in [0, 0.05) is 11.1 Å². The molecule has 1 aliphatic rings. The maximum absolute atomic E-state index is 12.1. The van der Waals surface area contributed by atoms with Crippen molar-refractivity contribution in [2.45, 2.75) is 19.9 Å². The van der Waals surface area contributed by atoms with Crippen LogP contribution in [-0.2, 0) is 9.53 Å². The van der Waals surface area contributed by atoms with Gasteiger partial charge in [-0.05, 0) is 29.7 Å². The molecule has 20 heavy (non-hydrogen) atoms. The summed E-state index contributed by atoms with van der Waals surface area (Å²) >= 11 is 5.79. The Morgan fingerprint density at radius 2 is 2.05 bits per heavy atom. The summed E-state index contributed by atoms with van der Waals surface area (Å²) in [6.45, 7) is 4.17. The molecule has 5 heteroatoms. The average Bonchev–Trinajstić information content (AvgIpc) is 2.80. The predicted molar refractivity (Wildman–Crippen MR) is 77.3 cm³/mol. The number of carbonyl (C=O) groups excluding carboxylic acids is 2. The highest BCUT2D eigenvalue weighted by Crippen LogP contribution is 2.20. The first-order valence-corrected chi connectivity index (χ1v) is 6.80. The molecular formula is C15H16ClNO3. The van der Waals surface area contributed by atoms with Crippen molar-refractivity contribution < 1.29 is 14.3 Å².